The Bertz CT molecular complexity index is 583. The molecule has 22 heavy (non-hydrogen) atoms. The minimum Gasteiger partial charge on any atom is -0.413 e. The summed E-state index contributed by atoms with van der Waals surface area (Å²) in [5, 5.41) is 3.39. The highest BCUT2D eigenvalue weighted by molar-refractivity contribution is 5.35. The van der Waals surface area contributed by atoms with Gasteiger partial charge in [0.1, 0.15) is 5.76 Å². The van der Waals surface area contributed by atoms with Crippen molar-refractivity contribution in [2.24, 2.45) is 5.92 Å². The first-order valence-corrected chi connectivity index (χ1v) is 7.46. The molecule has 1 fully saturated rings. The highest BCUT2D eigenvalue weighted by Gasteiger charge is 2.33. The van der Waals surface area contributed by atoms with Gasteiger partial charge in [0.25, 0.3) is 0 Å². The van der Waals surface area contributed by atoms with Crippen LogP contribution in [0.1, 0.15) is 35.6 Å². The topological polar surface area (TPSA) is 33.3 Å². The van der Waals surface area contributed by atoms with Crippen molar-refractivity contribution < 1.29 is 18.0 Å². The quantitative estimate of drug-likeness (QED) is 0.877. The van der Waals surface area contributed by atoms with E-state index in [1.165, 1.54) is 13.0 Å². The van der Waals surface area contributed by atoms with E-state index in [-0.39, 0.29) is 11.6 Å². The molecule has 0 unspecified atom stereocenters. The predicted molar refractivity (Wildman–Crippen MR) is 76.8 cm³/mol. The van der Waals surface area contributed by atoms with E-state index >= 15 is 0 Å². The van der Waals surface area contributed by atoms with Crippen molar-refractivity contribution in [2.75, 3.05) is 13.1 Å². The van der Waals surface area contributed by atoms with Crippen molar-refractivity contribution in [2.45, 2.75) is 32.0 Å². The van der Waals surface area contributed by atoms with Crippen LogP contribution < -0.4 is 10.8 Å². The van der Waals surface area contributed by atoms with E-state index < -0.39 is 11.7 Å². The summed E-state index contributed by atoms with van der Waals surface area (Å²) in [6.45, 7) is 3.05. The smallest absolute Gasteiger partial charge is 0.413 e. The molecular weight excluding hydrogens is 293 g/mol. The number of nitrogens with one attached hydrogen (secondary N) is 2. The third kappa shape index (κ3) is 3.13. The Hall–Kier alpha value is -1.53. The Morgan fingerprint density at radius 2 is 2.09 bits per heavy atom. The van der Waals surface area contributed by atoms with Crippen LogP contribution in [0.4, 0.5) is 13.2 Å². The summed E-state index contributed by atoms with van der Waals surface area (Å²) in [6, 6.07) is 4.47. The lowest BCUT2D eigenvalue weighted by Gasteiger charge is -2.31. The van der Waals surface area contributed by atoms with Crippen LogP contribution in [0.15, 0.2) is 30.0 Å². The Balaban J connectivity index is 1.77. The Morgan fingerprint density at radius 1 is 1.27 bits per heavy atom. The fourth-order valence-corrected chi connectivity index (χ4v) is 3.21. The van der Waals surface area contributed by atoms with Gasteiger partial charge in [0.05, 0.1) is 12.1 Å². The molecule has 2 heterocycles. The SMILES string of the molecule is Cc1cc([C@H]2C[C@@H](C3=CCNO3)CCN2)ccc1C(F)(F)F. The van der Waals surface area contributed by atoms with Crippen LogP contribution in [0.2, 0.25) is 0 Å². The van der Waals surface area contributed by atoms with Gasteiger partial charge in [-0.2, -0.15) is 18.7 Å². The summed E-state index contributed by atoms with van der Waals surface area (Å²) >= 11 is 0. The predicted octanol–water partition coefficient (Wildman–Crippen LogP) is 3.47. The molecule has 0 aromatic heterocycles. The first-order valence-electron chi connectivity index (χ1n) is 7.46. The molecule has 2 aliphatic heterocycles. The summed E-state index contributed by atoms with van der Waals surface area (Å²) in [5.74, 6) is 1.26. The van der Waals surface area contributed by atoms with Gasteiger partial charge in [0, 0.05) is 12.0 Å². The van der Waals surface area contributed by atoms with Gasteiger partial charge in [-0.1, -0.05) is 12.1 Å². The van der Waals surface area contributed by atoms with E-state index in [2.05, 4.69) is 10.8 Å². The molecule has 2 N–H and O–H groups in total. The number of benzene rings is 1. The molecule has 0 saturated carbocycles. The van der Waals surface area contributed by atoms with E-state index in [1.54, 1.807) is 12.1 Å². The molecule has 0 radical (unpaired) electrons. The van der Waals surface area contributed by atoms with Gasteiger partial charge < -0.3 is 10.2 Å². The van der Waals surface area contributed by atoms with Crippen molar-refractivity contribution in [3.63, 3.8) is 0 Å². The lowest BCUT2D eigenvalue weighted by atomic mass is 9.86. The van der Waals surface area contributed by atoms with Gasteiger partial charge in [-0.05, 0) is 49.6 Å². The van der Waals surface area contributed by atoms with Crippen LogP contribution in [0.5, 0.6) is 0 Å². The minimum absolute atomic E-state index is 0.0600. The first kappa shape index (κ1) is 15.4. The molecule has 3 nitrogen and oxygen atoms in total. The first-order chi connectivity index (χ1) is 10.4. The van der Waals surface area contributed by atoms with Crippen molar-refractivity contribution >= 4 is 0 Å². The maximum atomic E-state index is 12.8. The van der Waals surface area contributed by atoms with E-state index in [9.17, 15) is 13.2 Å². The van der Waals surface area contributed by atoms with Crippen molar-refractivity contribution in [1.82, 2.24) is 10.8 Å². The zero-order chi connectivity index (χ0) is 15.7. The van der Waals surface area contributed by atoms with Gasteiger partial charge in [0.2, 0.25) is 0 Å². The third-order valence-corrected chi connectivity index (χ3v) is 4.34. The second-order valence-electron chi connectivity index (χ2n) is 5.86. The van der Waals surface area contributed by atoms with Crippen LogP contribution in [0.3, 0.4) is 0 Å². The van der Waals surface area contributed by atoms with Crippen LogP contribution in [-0.4, -0.2) is 13.1 Å². The molecule has 2 aliphatic rings. The zero-order valence-electron chi connectivity index (χ0n) is 12.3. The summed E-state index contributed by atoms with van der Waals surface area (Å²) in [7, 11) is 0. The molecule has 0 bridgehead atoms. The average molecular weight is 312 g/mol. The van der Waals surface area contributed by atoms with Gasteiger partial charge in [-0.15, -0.1) is 0 Å². The second-order valence-corrected chi connectivity index (χ2v) is 5.86. The minimum atomic E-state index is -4.29. The molecule has 0 aliphatic carbocycles. The monoisotopic (exact) mass is 312 g/mol. The van der Waals surface area contributed by atoms with Crippen LogP contribution in [0.25, 0.3) is 0 Å². The highest BCUT2D eigenvalue weighted by Crippen LogP contribution is 2.36. The Morgan fingerprint density at radius 3 is 2.73 bits per heavy atom. The number of halogens is 3. The maximum absolute atomic E-state index is 12.8. The largest absolute Gasteiger partial charge is 0.416 e. The fourth-order valence-electron chi connectivity index (χ4n) is 3.21. The van der Waals surface area contributed by atoms with Crippen molar-refractivity contribution in [1.29, 1.82) is 0 Å². The molecule has 120 valence electrons. The Kier molecular flexibility index (Phi) is 4.14. The van der Waals surface area contributed by atoms with E-state index in [4.69, 9.17) is 4.84 Å². The van der Waals surface area contributed by atoms with Crippen molar-refractivity contribution in [3.05, 3.63) is 46.7 Å². The van der Waals surface area contributed by atoms with E-state index in [0.29, 0.717) is 12.5 Å². The standard InChI is InChI=1S/C16H19F3N2O/c1-10-8-11(2-3-13(10)16(17,18)19)14-9-12(4-6-20-14)15-5-7-21-22-15/h2-3,5,8,12,14,20-21H,4,6-7,9H2,1H3/t12-,14+/m0/s1. The number of piperidine rings is 1. The number of alkyl halides is 3. The molecule has 1 saturated heterocycles. The number of allylic oxidation sites excluding steroid dienone is 1. The molecule has 3 rings (SSSR count). The van der Waals surface area contributed by atoms with Crippen LogP contribution in [0, 0.1) is 12.8 Å². The zero-order valence-corrected chi connectivity index (χ0v) is 12.3. The summed E-state index contributed by atoms with van der Waals surface area (Å²) in [4.78, 5) is 5.40. The number of hydroxylamine groups is 1. The molecule has 0 amide bonds. The molecule has 0 spiro atoms. The molecule has 2 atom stereocenters. The van der Waals surface area contributed by atoms with E-state index in [0.717, 1.165) is 30.7 Å². The number of rotatable bonds is 2. The molecule has 6 heteroatoms. The number of hydrogen-bond donors (Lipinski definition) is 2. The summed E-state index contributed by atoms with van der Waals surface area (Å²) in [6.07, 6.45) is -0.452. The maximum Gasteiger partial charge on any atom is 0.416 e. The van der Waals surface area contributed by atoms with Crippen LogP contribution in [-0.2, 0) is 11.0 Å². The normalized spacial score (nSPS) is 25.7. The van der Waals surface area contributed by atoms with Gasteiger partial charge in [-0.3, -0.25) is 0 Å². The average Bonchev–Trinajstić information content (AvgIpc) is 3.00. The third-order valence-electron chi connectivity index (χ3n) is 4.34. The fraction of sp³-hybridized carbons (Fsp3) is 0.500. The molecular formula is C16H19F3N2O. The summed E-state index contributed by atoms with van der Waals surface area (Å²) < 4.78 is 38.5. The van der Waals surface area contributed by atoms with E-state index in [1.807, 2.05) is 6.08 Å². The van der Waals surface area contributed by atoms with Gasteiger partial charge in [-0.25, -0.2) is 0 Å². The lowest BCUT2D eigenvalue weighted by molar-refractivity contribution is -0.138. The highest BCUT2D eigenvalue weighted by atomic mass is 19.4. The number of aryl methyl sites for hydroxylation is 1. The van der Waals surface area contributed by atoms with Crippen molar-refractivity contribution in [3.8, 4) is 0 Å². The lowest BCUT2D eigenvalue weighted by Crippen LogP contribution is -2.33. The molecule has 1 aromatic rings. The van der Waals surface area contributed by atoms with Gasteiger partial charge in [0.15, 0.2) is 0 Å². The second kappa shape index (κ2) is 5.93. The molecule has 1 aromatic carbocycles. The summed E-state index contributed by atoms with van der Waals surface area (Å²) in [5.41, 5.74) is 3.43. The Labute approximate surface area is 127 Å². The van der Waals surface area contributed by atoms with Crippen LogP contribution >= 0.6 is 0 Å². The number of hydrogen-bond acceptors (Lipinski definition) is 3. The van der Waals surface area contributed by atoms with Gasteiger partial charge >= 0.3 is 6.18 Å².